The molecule has 3 aliphatic rings. The van der Waals surface area contributed by atoms with Gasteiger partial charge in [-0.15, -0.1) is 0 Å². The fraction of sp³-hybridized carbons (Fsp3) is 0.463. The number of para-hydroxylation sites is 1. The molecule has 3 amide bonds. The van der Waals surface area contributed by atoms with Crippen molar-refractivity contribution in [1.82, 2.24) is 4.90 Å². The molecular weight excluding hydrogens is 691 g/mol. The van der Waals surface area contributed by atoms with Crippen molar-refractivity contribution in [2.45, 2.75) is 81.8 Å². The van der Waals surface area contributed by atoms with E-state index in [2.05, 4.69) is 32.2 Å². The van der Waals surface area contributed by atoms with E-state index >= 15 is 4.79 Å². The zero-order valence-corrected chi connectivity index (χ0v) is 32.3. The molecule has 12 heteroatoms. The highest BCUT2D eigenvalue weighted by Gasteiger charge is 2.66. The normalized spacial score (nSPS) is 23.7. The Morgan fingerprint density at radius 1 is 1.04 bits per heavy atom. The molecule has 3 aliphatic heterocycles. The maximum Gasteiger partial charge on any atom is 0.305 e. The topological polar surface area (TPSA) is 126 Å². The molecule has 0 bridgehead atoms. The second-order valence-corrected chi connectivity index (χ2v) is 19.6. The highest BCUT2D eigenvalue weighted by atomic mass is 28.3. The Labute approximate surface area is 312 Å². The second kappa shape index (κ2) is 15.8. The van der Waals surface area contributed by atoms with Crippen molar-refractivity contribution in [3.05, 3.63) is 78.4 Å². The number of hydrogen-bond acceptors (Lipinski definition) is 8. The third-order valence-electron chi connectivity index (χ3n) is 11.8. The van der Waals surface area contributed by atoms with Crippen LogP contribution in [-0.4, -0.2) is 88.3 Å². The molecule has 2 saturated heterocycles. The SMILES string of the molecule is COC(=O)CCCCN1C(=O)[C@@]2(O[C@@H](CC(=O)N3CCC[C@H]3CO)[C@H]([Si](C)(C)c3ccc(OC)cc3)[C@H]2C)c2cc(N(C=O)c3ccccc3)ccc21. The molecule has 0 saturated carbocycles. The first kappa shape index (κ1) is 38.2. The predicted octanol–water partition coefficient (Wildman–Crippen LogP) is 5.27. The Hall–Kier alpha value is -4.52. The number of unbranched alkanes of at least 4 members (excludes halogenated alkanes) is 1. The highest BCUT2D eigenvalue weighted by Crippen LogP contribution is 2.60. The molecule has 3 aromatic rings. The van der Waals surface area contributed by atoms with Crippen LogP contribution >= 0.6 is 0 Å². The lowest BCUT2D eigenvalue weighted by molar-refractivity contribution is -0.150. The molecule has 1 spiro atoms. The maximum absolute atomic E-state index is 15.2. The predicted molar refractivity (Wildman–Crippen MR) is 205 cm³/mol. The average Bonchev–Trinajstić information content (AvgIpc) is 3.84. The molecule has 11 nitrogen and oxygen atoms in total. The Kier molecular flexibility index (Phi) is 11.4. The zero-order valence-electron chi connectivity index (χ0n) is 31.3. The van der Waals surface area contributed by atoms with Crippen LogP contribution in [0.5, 0.6) is 5.75 Å². The fourth-order valence-corrected chi connectivity index (χ4v) is 13.0. The number of benzene rings is 3. The summed E-state index contributed by atoms with van der Waals surface area (Å²) in [7, 11) is 0.460. The van der Waals surface area contributed by atoms with Gasteiger partial charge >= 0.3 is 5.97 Å². The van der Waals surface area contributed by atoms with Crippen molar-refractivity contribution >= 4 is 54.5 Å². The third kappa shape index (κ3) is 7.00. The first-order valence-corrected chi connectivity index (χ1v) is 21.6. The van der Waals surface area contributed by atoms with E-state index in [1.165, 1.54) is 7.11 Å². The van der Waals surface area contributed by atoms with Gasteiger partial charge in [0, 0.05) is 42.4 Å². The van der Waals surface area contributed by atoms with Gasteiger partial charge in [-0.3, -0.25) is 24.1 Å². The van der Waals surface area contributed by atoms with Crippen molar-refractivity contribution in [1.29, 1.82) is 0 Å². The van der Waals surface area contributed by atoms with Gasteiger partial charge in [0.1, 0.15) is 5.75 Å². The van der Waals surface area contributed by atoms with Gasteiger partial charge in [-0.2, -0.15) is 0 Å². The molecule has 0 aliphatic carbocycles. The third-order valence-corrected chi connectivity index (χ3v) is 16.1. The molecule has 0 unspecified atom stereocenters. The fourth-order valence-electron chi connectivity index (χ4n) is 9.02. The smallest absolute Gasteiger partial charge is 0.305 e. The number of anilines is 3. The van der Waals surface area contributed by atoms with Crippen LogP contribution in [0.4, 0.5) is 17.1 Å². The van der Waals surface area contributed by atoms with Crippen LogP contribution < -0.4 is 19.7 Å². The number of fused-ring (bicyclic) bond motifs is 2. The summed E-state index contributed by atoms with van der Waals surface area (Å²) in [5.41, 5.74) is 1.01. The van der Waals surface area contributed by atoms with Crippen LogP contribution in [0.1, 0.15) is 51.0 Å². The number of methoxy groups -OCH3 is 2. The number of rotatable bonds is 14. The van der Waals surface area contributed by atoms with Gasteiger partial charge in [-0.25, -0.2) is 0 Å². The standard InChI is InChI=1S/C41H51N3O8Si/c1-28-39(53(4,5)33-19-17-32(50-2)18-20-33)36(25-37(47)42-23-11-14-31(42)26-45)52-41(28)34-24-30(44(27-46)29-12-7-6-8-13-29)16-21-35(34)43(40(41)49)22-10-9-15-38(48)51-3/h6-8,12-13,16-21,24,27-28,31,36,39,45H,9-11,14-15,22-23,25-26H2,1-5H3/t28-,31+,36+,39-,41+/m1/s1. The van der Waals surface area contributed by atoms with Crippen molar-refractivity contribution in [2.75, 3.05) is 43.7 Å². The lowest BCUT2D eigenvalue weighted by Gasteiger charge is -2.37. The van der Waals surface area contributed by atoms with E-state index in [9.17, 15) is 19.5 Å². The molecule has 53 heavy (non-hydrogen) atoms. The number of ether oxygens (including phenoxy) is 3. The second-order valence-electron chi connectivity index (χ2n) is 14.9. The van der Waals surface area contributed by atoms with Gasteiger partial charge in [-0.1, -0.05) is 55.5 Å². The highest BCUT2D eigenvalue weighted by molar-refractivity contribution is 6.91. The Balaban J connectivity index is 1.46. The summed E-state index contributed by atoms with van der Waals surface area (Å²) in [6.07, 6.45) is 3.16. The molecule has 3 aromatic carbocycles. The quantitative estimate of drug-likeness (QED) is 0.103. The number of hydrogen-bond donors (Lipinski definition) is 1. The van der Waals surface area contributed by atoms with Crippen LogP contribution in [-0.2, 0) is 34.3 Å². The first-order chi connectivity index (χ1) is 25.5. The van der Waals surface area contributed by atoms with E-state index in [1.807, 2.05) is 60.7 Å². The minimum atomic E-state index is -2.54. The number of aliphatic hydroxyl groups is 1. The van der Waals surface area contributed by atoms with E-state index in [0.29, 0.717) is 48.6 Å². The number of nitrogens with zero attached hydrogens (tertiary/aromatic N) is 3. The number of amides is 3. The Morgan fingerprint density at radius 2 is 1.77 bits per heavy atom. The van der Waals surface area contributed by atoms with Crippen LogP contribution in [0.3, 0.4) is 0 Å². The van der Waals surface area contributed by atoms with Gasteiger partial charge in [-0.05, 0) is 73.7 Å². The molecule has 5 atom stereocenters. The average molecular weight is 742 g/mol. The number of likely N-dealkylation sites (tertiary alicyclic amines) is 1. The summed E-state index contributed by atoms with van der Waals surface area (Å²) in [6.45, 7) is 7.45. The van der Waals surface area contributed by atoms with E-state index in [4.69, 9.17) is 14.2 Å². The van der Waals surface area contributed by atoms with Crippen LogP contribution in [0.2, 0.25) is 18.6 Å². The largest absolute Gasteiger partial charge is 0.497 e. The van der Waals surface area contributed by atoms with Gasteiger partial charge in [0.25, 0.3) is 5.91 Å². The van der Waals surface area contributed by atoms with Gasteiger partial charge in [0.15, 0.2) is 5.60 Å². The van der Waals surface area contributed by atoms with Crippen LogP contribution in [0.15, 0.2) is 72.8 Å². The van der Waals surface area contributed by atoms with Gasteiger partial charge < -0.3 is 29.1 Å². The van der Waals surface area contributed by atoms with Crippen molar-refractivity contribution in [3.63, 3.8) is 0 Å². The molecule has 2 fully saturated rings. The minimum absolute atomic E-state index is 0.0752. The summed E-state index contributed by atoms with van der Waals surface area (Å²) in [4.78, 5) is 58.9. The van der Waals surface area contributed by atoms with Crippen molar-refractivity contribution in [2.24, 2.45) is 5.92 Å². The molecule has 1 N–H and O–H groups in total. The maximum atomic E-state index is 15.2. The van der Waals surface area contributed by atoms with Crippen LogP contribution in [0, 0.1) is 5.92 Å². The number of aliphatic hydroxyl groups excluding tert-OH is 1. The lowest BCUT2D eigenvalue weighted by Crippen LogP contribution is -2.52. The van der Waals surface area contributed by atoms with Crippen molar-refractivity contribution < 1.29 is 38.5 Å². The van der Waals surface area contributed by atoms with E-state index in [-0.39, 0.29) is 54.7 Å². The van der Waals surface area contributed by atoms with Crippen molar-refractivity contribution in [3.8, 4) is 5.75 Å². The summed E-state index contributed by atoms with van der Waals surface area (Å²) in [6, 6.07) is 22.8. The van der Waals surface area contributed by atoms with E-state index in [1.54, 1.807) is 21.8 Å². The minimum Gasteiger partial charge on any atom is -0.497 e. The number of esters is 1. The van der Waals surface area contributed by atoms with Gasteiger partial charge in [0.05, 0.1) is 53.2 Å². The van der Waals surface area contributed by atoms with E-state index < -0.39 is 19.8 Å². The first-order valence-electron chi connectivity index (χ1n) is 18.6. The molecule has 0 aromatic heterocycles. The Morgan fingerprint density at radius 3 is 2.43 bits per heavy atom. The summed E-state index contributed by atoms with van der Waals surface area (Å²) >= 11 is 0. The number of carbonyl (C=O) groups is 4. The van der Waals surface area contributed by atoms with E-state index in [0.717, 1.165) is 30.2 Å². The molecule has 0 radical (unpaired) electrons. The molecule has 6 rings (SSSR count). The summed E-state index contributed by atoms with van der Waals surface area (Å²) < 4.78 is 17.5. The summed E-state index contributed by atoms with van der Waals surface area (Å²) in [5.74, 6) is -0.212. The summed E-state index contributed by atoms with van der Waals surface area (Å²) in [5, 5.41) is 11.2. The van der Waals surface area contributed by atoms with Crippen LogP contribution in [0.25, 0.3) is 0 Å². The Bertz CT molecular complexity index is 1800. The monoisotopic (exact) mass is 741 g/mol. The molecular formula is C41H51N3O8Si. The van der Waals surface area contributed by atoms with Gasteiger partial charge in [0.2, 0.25) is 12.3 Å². The number of carbonyl (C=O) groups excluding carboxylic acids is 4. The molecule has 3 heterocycles. The lowest BCUT2D eigenvalue weighted by atomic mass is 9.82. The molecule has 282 valence electrons. The zero-order chi connectivity index (χ0) is 37.9.